The third-order valence-corrected chi connectivity index (χ3v) is 6.63. The predicted octanol–water partition coefficient (Wildman–Crippen LogP) is 5.17. The molecule has 1 unspecified atom stereocenters. The fraction of sp³-hybridized carbons (Fsp3) is 0.115. The molecule has 4 aromatic rings. The van der Waals surface area contributed by atoms with Gasteiger partial charge in [0, 0.05) is 5.56 Å². The van der Waals surface area contributed by atoms with Crippen LogP contribution in [0.15, 0.2) is 72.3 Å². The summed E-state index contributed by atoms with van der Waals surface area (Å²) in [5.74, 6) is -2.07. The van der Waals surface area contributed by atoms with E-state index in [1.807, 2.05) is 6.92 Å². The quantitative estimate of drug-likeness (QED) is 0.228. The third kappa shape index (κ3) is 4.00. The Morgan fingerprint density at radius 2 is 1.89 bits per heavy atom. The number of aromatic hydroxyl groups is 1. The molecule has 5 rings (SSSR count). The minimum Gasteiger partial charge on any atom is -0.508 e. The molecule has 0 aliphatic carbocycles. The van der Waals surface area contributed by atoms with E-state index in [9.17, 15) is 24.2 Å². The van der Waals surface area contributed by atoms with Crippen LogP contribution >= 0.6 is 11.3 Å². The van der Waals surface area contributed by atoms with Crippen LogP contribution in [0, 0.1) is 5.82 Å². The number of aromatic nitrogens is 1. The van der Waals surface area contributed by atoms with Gasteiger partial charge >= 0.3 is 5.91 Å². The van der Waals surface area contributed by atoms with E-state index in [-0.39, 0.29) is 22.2 Å². The number of phenolic OH excluding ortho intramolecular Hbond substituents is 1. The van der Waals surface area contributed by atoms with Gasteiger partial charge in [-0.2, -0.15) is 0 Å². The normalized spacial score (nSPS) is 17.3. The lowest BCUT2D eigenvalue weighted by atomic mass is 9.95. The number of amides is 1. The second-order valence-electron chi connectivity index (χ2n) is 7.83. The van der Waals surface area contributed by atoms with Crippen molar-refractivity contribution in [2.24, 2.45) is 0 Å². The van der Waals surface area contributed by atoms with Crippen LogP contribution in [-0.4, -0.2) is 33.5 Å². The van der Waals surface area contributed by atoms with Crippen molar-refractivity contribution in [2.75, 3.05) is 11.5 Å². The highest BCUT2D eigenvalue weighted by Crippen LogP contribution is 2.44. The Morgan fingerprint density at radius 1 is 1.11 bits per heavy atom. The molecule has 35 heavy (non-hydrogen) atoms. The first-order valence-corrected chi connectivity index (χ1v) is 11.6. The Morgan fingerprint density at radius 3 is 2.60 bits per heavy atom. The fourth-order valence-corrected chi connectivity index (χ4v) is 5.08. The van der Waals surface area contributed by atoms with Crippen LogP contribution in [0.2, 0.25) is 0 Å². The largest absolute Gasteiger partial charge is 0.508 e. The molecule has 1 aromatic heterocycles. The lowest BCUT2D eigenvalue weighted by Crippen LogP contribution is -2.29. The molecule has 0 bridgehead atoms. The zero-order valence-electron chi connectivity index (χ0n) is 18.4. The van der Waals surface area contributed by atoms with Gasteiger partial charge in [-0.15, -0.1) is 0 Å². The van der Waals surface area contributed by atoms with E-state index < -0.39 is 23.5 Å². The van der Waals surface area contributed by atoms with Gasteiger partial charge in [0.05, 0.1) is 28.4 Å². The zero-order valence-corrected chi connectivity index (χ0v) is 19.3. The number of aliphatic hydroxyl groups is 1. The SMILES string of the molecule is CCOc1ccc(C(O)=C2C(=O)C(=O)N(c3nc4ccc(F)cc4s3)C2c2cccc(O)c2)cc1. The van der Waals surface area contributed by atoms with Gasteiger partial charge in [-0.25, -0.2) is 9.37 Å². The number of phenols is 1. The summed E-state index contributed by atoms with van der Waals surface area (Å²) >= 11 is 1.05. The van der Waals surface area contributed by atoms with E-state index in [0.29, 0.717) is 33.7 Å². The molecule has 1 aliphatic heterocycles. The molecule has 1 fully saturated rings. The molecule has 1 aliphatic rings. The van der Waals surface area contributed by atoms with Crippen LogP contribution in [-0.2, 0) is 9.59 Å². The number of Topliss-reactive ketones (excluding diaryl/α,β-unsaturated/α-hetero) is 1. The van der Waals surface area contributed by atoms with Gasteiger partial charge in [-0.3, -0.25) is 14.5 Å². The number of ketones is 1. The number of carbonyl (C=O) groups excluding carboxylic acids is 2. The highest BCUT2D eigenvalue weighted by molar-refractivity contribution is 7.22. The van der Waals surface area contributed by atoms with Gasteiger partial charge in [-0.05, 0) is 67.1 Å². The molecule has 176 valence electrons. The van der Waals surface area contributed by atoms with Crippen molar-refractivity contribution in [2.45, 2.75) is 13.0 Å². The Hall–Kier alpha value is -4.24. The first-order valence-electron chi connectivity index (χ1n) is 10.8. The van der Waals surface area contributed by atoms with Gasteiger partial charge in [0.1, 0.15) is 23.1 Å². The van der Waals surface area contributed by atoms with E-state index in [0.717, 1.165) is 11.3 Å². The number of thiazole rings is 1. The first-order chi connectivity index (χ1) is 16.9. The number of hydrogen-bond acceptors (Lipinski definition) is 7. The molecular formula is C26H19FN2O5S. The molecule has 0 saturated carbocycles. The summed E-state index contributed by atoms with van der Waals surface area (Å²) in [7, 11) is 0. The predicted molar refractivity (Wildman–Crippen MR) is 130 cm³/mol. The maximum Gasteiger partial charge on any atom is 0.301 e. The number of carbonyl (C=O) groups is 2. The Kier molecular flexibility index (Phi) is 5.70. The van der Waals surface area contributed by atoms with E-state index in [1.165, 1.54) is 35.2 Å². The molecule has 0 radical (unpaired) electrons. The number of nitrogens with zero attached hydrogens (tertiary/aromatic N) is 2. The first kappa shape index (κ1) is 22.5. The molecule has 1 atom stereocenters. The topological polar surface area (TPSA) is 100.0 Å². The van der Waals surface area contributed by atoms with Gasteiger partial charge < -0.3 is 14.9 Å². The monoisotopic (exact) mass is 490 g/mol. The summed E-state index contributed by atoms with van der Waals surface area (Å²) in [6.45, 7) is 2.32. The van der Waals surface area contributed by atoms with Crippen molar-refractivity contribution in [1.29, 1.82) is 0 Å². The number of fused-ring (bicyclic) bond motifs is 1. The summed E-state index contributed by atoms with van der Waals surface area (Å²) in [6, 6.07) is 15.6. The van der Waals surface area contributed by atoms with Crippen LogP contribution in [0.25, 0.3) is 16.0 Å². The summed E-state index contributed by atoms with van der Waals surface area (Å²) in [6.07, 6.45) is 0. The van der Waals surface area contributed by atoms with Crippen LogP contribution in [0.5, 0.6) is 11.5 Å². The maximum absolute atomic E-state index is 13.7. The fourth-order valence-electron chi connectivity index (χ4n) is 4.06. The van der Waals surface area contributed by atoms with Crippen LogP contribution in [0.4, 0.5) is 9.52 Å². The molecule has 7 nitrogen and oxygen atoms in total. The standard InChI is InChI=1S/C26H19FN2O5S/c1-2-34-18-9-6-14(7-10-18)23(31)21-22(15-4-3-5-17(30)12-15)29(25(33)24(21)32)26-28-19-11-8-16(27)13-20(19)35-26/h3-13,22,30-31H,2H2,1H3. The van der Waals surface area contributed by atoms with E-state index in [1.54, 1.807) is 36.4 Å². The number of hydrogen-bond donors (Lipinski definition) is 2. The molecule has 2 heterocycles. The Labute approximate surface area is 203 Å². The van der Waals surface area contributed by atoms with Crippen molar-refractivity contribution in [3.8, 4) is 11.5 Å². The number of halogens is 1. The van der Waals surface area contributed by atoms with E-state index in [4.69, 9.17) is 4.74 Å². The maximum atomic E-state index is 13.7. The average Bonchev–Trinajstić information content (AvgIpc) is 3.37. The second-order valence-corrected chi connectivity index (χ2v) is 8.84. The second kappa shape index (κ2) is 8.84. The Bertz CT molecular complexity index is 1500. The molecule has 2 N–H and O–H groups in total. The minimum absolute atomic E-state index is 0.0690. The van der Waals surface area contributed by atoms with Crippen molar-refractivity contribution in [3.05, 3.63) is 89.2 Å². The molecule has 1 amide bonds. The van der Waals surface area contributed by atoms with Crippen molar-refractivity contribution >= 4 is 44.1 Å². The van der Waals surface area contributed by atoms with E-state index >= 15 is 0 Å². The summed E-state index contributed by atoms with van der Waals surface area (Å²) < 4.78 is 19.7. The van der Waals surface area contributed by atoms with Crippen LogP contribution < -0.4 is 9.64 Å². The third-order valence-electron chi connectivity index (χ3n) is 5.61. The highest BCUT2D eigenvalue weighted by Gasteiger charge is 2.48. The average molecular weight is 491 g/mol. The lowest BCUT2D eigenvalue weighted by molar-refractivity contribution is -0.132. The van der Waals surface area contributed by atoms with Gasteiger partial charge in [0.25, 0.3) is 5.78 Å². The number of benzene rings is 3. The van der Waals surface area contributed by atoms with Crippen LogP contribution in [0.1, 0.15) is 24.1 Å². The Balaban J connectivity index is 1.69. The van der Waals surface area contributed by atoms with Gasteiger partial charge in [0.2, 0.25) is 0 Å². The number of rotatable bonds is 5. The zero-order chi connectivity index (χ0) is 24.7. The molecular weight excluding hydrogens is 471 g/mol. The van der Waals surface area contributed by atoms with Gasteiger partial charge in [-0.1, -0.05) is 23.5 Å². The lowest BCUT2D eigenvalue weighted by Gasteiger charge is -2.23. The summed E-state index contributed by atoms with van der Waals surface area (Å²) in [5, 5.41) is 21.4. The van der Waals surface area contributed by atoms with Crippen LogP contribution in [0.3, 0.4) is 0 Å². The molecule has 9 heteroatoms. The highest BCUT2D eigenvalue weighted by atomic mass is 32.1. The molecule has 0 spiro atoms. The number of anilines is 1. The number of ether oxygens (including phenoxy) is 1. The van der Waals surface area contributed by atoms with E-state index in [2.05, 4.69) is 4.98 Å². The summed E-state index contributed by atoms with van der Waals surface area (Å²) in [4.78, 5) is 32.1. The molecule has 1 saturated heterocycles. The van der Waals surface area contributed by atoms with Crippen molar-refractivity contribution in [3.63, 3.8) is 0 Å². The van der Waals surface area contributed by atoms with Crippen molar-refractivity contribution in [1.82, 2.24) is 4.98 Å². The smallest absolute Gasteiger partial charge is 0.301 e. The number of aliphatic hydroxyl groups excluding tert-OH is 1. The summed E-state index contributed by atoms with van der Waals surface area (Å²) in [5.41, 5.74) is 1.05. The molecule has 3 aromatic carbocycles. The minimum atomic E-state index is -1.06. The van der Waals surface area contributed by atoms with Crippen molar-refractivity contribution < 1.29 is 28.9 Å². The van der Waals surface area contributed by atoms with Gasteiger partial charge in [0.15, 0.2) is 5.13 Å².